The zero-order valence-corrected chi connectivity index (χ0v) is 11.3. The molecule has 0 saturated heterocycles. The molecule has 1 rings (SSSR count). The predicted molar refractivity (Wildman–Crippen MR) is 69.6 cm³/mol. The van der Waals surface area contributed by atoms with Crippen LogP contribution in [-0.4, -0.2) is 25.7 Å². The molecular weight excluding hydrogens is 275 g/mol. The van der Waals surface area contributed by atoms with Crippen molar-refractivity contribution >= 4 is 29.3 Å². The summed E-state index contributed by atoms with van der Waals surface area (Å²) >= 11 is 5.79. The smallest absolute Gasteiger partial charge is 0.319 e. The SMILES string of the molecule is COC(=O)C(C)CNC(=O)Nc1cc(F)ccc1Cl. The molecule has 2 N–H and O–H groups in total. The number of urea groups is 1. The molecule has 1 aromatic rings. The Hall–Kier alpha value is -1.82. The largest absolute Gasteiger partial charge is 0.469 e. The number of hydrogen-bond donors (Lipinski definition) is 2. The molecule has 0 bridgehead atoms. The number of hydrogen-bond acceptors (Lipinski definition) is 3. The van der Waals surface area contributed by atoms with Gasteiger partial charge in [-0.05, 0) is 18.2 Å². The number of benzene rings is 1. The van der Waals surface area contributed by atoms with Crippen molar-refractivity contribution in [1.29, 1.82) is 0 Å². The normalized spacial score (nSPS) is 11.6. The number of carbonyl (C=O) groups excluding carboxylic acids is 2. The van der Waals surface area contributed by atoms with Gasteiger partial charge < -0.3 is 15.4 Å². The number of methoxy groups -OCH3 is 1. The van der Waals surface area contributed by atoms with Crippen LogP contribution in [-0.2, 0) is 9.53 Å². The Morgan fingerprint density at radius 1 is 1.47 bits per heavy atom. The van der Waals surface area contributed by atoms with Gasteiger partial charge in [0.2, 0.25) is 0 Å². The number of rotatable bonds is 4. The third-order valence-electron chi connectivity index (χ3n) is 2.35. The van der Waals surface area contributed by atoms with E-state index in [-0.39, 0.29) is 17.3 Å². The Bertz CT molecular complexity index is 482. The summed E-state index contributed by atoms with van der Waals surface area (Å²) in [5.74, 6) is -1.41. The highest BCUT2D eigenvalue weighted by atomic mass is 35.5. The van der Waals surface area contributed by atoms with Crippen molar-refractivity contribution in [2.45, 2.75) is 6.92 Å². The first kappa shape index (κ1) is 15.2. The number of halogens is 2. The van der Waals surface area contributed by atoms with Crippen LogP contribution in [0.15, 0.2) is 18.2 Å². The molecule has 0 radical (unpaired) electrons. The van der Waals surface area contributed by atoms with Crippen LogP contribution in [0.3, 0.4) is 0 Å². The number of amides is 2. The van der Waals surface area contributed by atoms with E-state index >= 15 is 0 Å². The molecule has 0 heterocycles. The van der Waals surface area contributed by atoms with E-state index < -0.39 is 23.7 Å². The van der Waals surface area contributed by atoms with E-state index in [0.29, 0.717) is 0 Å². The van der Waals surface area contributed by atoms with Gasteiger partial charge in [-0.2, -0.15) is 0 Å². The number of ether oxygens (including phenoxy) is 1. The summed E-state index contributed by atoms with van der Waals surface area (Å²) < 4.78 is 17.5. The van der Waals surface area contributed by atoms with Gasteiger partial charge in [0.1, 0.15) is 5.82 Å². The molecule has 0 aliphatic rings. The molecule has 2 amide bonds. The van der Waals surface area contributed by atoms with E-state index in [0.717, 1.165) is 6.07 Å². The lowest BCUT2D eigenvalue weighted by Gasteiger charge is -2.12. The molecule has 0 aliphatic heterocycles. The first-order valence-corrected chi connectivity index (χ1v) is 5.89. The third kappa shape index (κ3) is 4.75. The molecule has 7 heteroatoms. The van der Waals surface area contributed by atoms with Crippen LogP contribution in [0.25, 0.3) is 0 Å². The highest BCUT2D eigenvalue weighted by Crippen LogP contribution is 2.22. The van der Waals surface area contributed by atoms with Crippen molar-refractivity contribution in [2.75, 3.05) is 19.0 Å². The molecule has 5 nitrogen and oxygen atoms in total. The third-order valence-corrected chi connectivity index (χ3v) is 2.68. The minimum Gasteiger partial charge on any atom is -0.469 e. The lowest BCUT2D eigenvalue weighted by molar-refractivity contribution is -0.144. The highest BCUT2D eigenvalue weighted by Gasteiger charge is 2.14. The van der Waals surface area contributed by atoms with Gasteiger partial charge in [0.25, 0.3) is 0 Å². The van der Waals surface area contributed by atoms with Gasteiger partial charge in [-0.1, -0.05) is 18.5 Å². The summed E-state index contributed by atoms with van der Waals surface area (Å²) in [6.45, 7) is 1.71. The second-order valence-electron chi connectivity index (χ2n) is 3.88. The van der Waals surface area contributed by atoms with E-state index in [4.69, 9.17) is 11.6 Å². The average Bonchev–Trinajstić information content (AvgIpc) is 2.39. The van der Waals surface area contributed by atoms with Gasteiger partial charge in [-0.3, -0.25) is 4.79 Å². The fourth-order valence-electron chi connectivity index (χ4n) is 1.29. The standard InChI is InChI=1S/C12H14ClFN2O3/c1-7(11(17)19-2)6-15-12(18)16-10-5-8(14)3-4-9(10)13/h3-5,7H,6H2,1-2H3,(H2,15,16,18). The first-order valence-electron chi connectivity index (χ1n) is 5.51. The molecule has 0 fully saturated rings. The molecule has 1 atom stereocenters. The molecule has 0 spiro atoms. The summed E-state index contributed by atoms with van der Waals surface area (Å²) in [7, 11) is 1.27. The van der Waals surface area contributed by atoms with E-state index in [2.05, 4.69) is 15.4 Å². The second kappa shape index (κ2) is 6.94. The lowest BCUT2D eigenvalue weighted by atomic mass is 10.2. The summed E-state index contributed by atoms with van der Waals surface area (Å²) in [5.41, 5.74) is 0.157. The lowest BCUT2D eigenvalue weighted by Crippen LogP contribution is -2.35. The van der Waals surface area contributed by atoms with Crippen LogP contribution < -0.4 is 10.6 Å². The van der Waals surface area contributed by atoms with Gasteiger partial charge in [0, 0.05) is 6.54 Å². The number of nitrogens with one attached hydrogen (secondary N) is 2. The molecule has 0 aromatic heterocycles. The fraction of sp³-hybridized carbons (Fsp3) is 0.333. The second-order valence-corrected chi connectivity index (χ2v) is 4.29. The number of anilines is 1. The maximum atomic E-state index is 13.0. The molecular formula is C12H14ClFN2O3. The zero-order chi connectivity index (χ0) is 14.4. The molecule has 1 aromatic carbocycles. The number of esters is 1. The van der Waals surface area contributed by atoms with Crippen LogP contribution in [0.2, 0.25) is 5.02 Å². The molecule has 1 unspecified atom stereocenters. The maximum Gasteiger partial charge on any atom is 0.319 e. The molecule has 19 heavy (non-hydrogen) atoms. The number of carbonyl (C=O) groups is 2. The highest BCUT2D eigenvalue weighted by molar-refractivity contribution is 6.33. The zero-order valence-electron chi connectivity index (χ0n) is 10.5. The van der Waals surface area contributed by atoms with Crippen LogP contribution >= 0.6 is 11.6 Å². The summed E-state index contributed by atoms with van der Waals surface area (Å²) in [6.07, 6.45) is 0. The fourth-order valence-corrected chi connectivity index (χ4v) is 1.45. The van der Waals surface area contributed by atoms with E-state index in [1.807, 2.05) is 0 Å². The predicted octanol–water partition coefficient (Wildman–Crippen LogP) is 2.41. The van der Waals surface area contributed by atoms with Gasteiger partial charge >= 0.3 is 12.0 Å². The van der Waals surface area contributed by atoms with Crippen molar-refractivity contribution in [3.05, 3.63) is 29.0 Å². The minimum absolute atomic E-state index is 0.103. The van der Waals surface area contributed by atoms with Crippen molar-refractivity contribution < 1.29 is 18.7 Å². The van der Waals surface area contributed by atoms with Crippen LogP contribution in [0.1, 0.15) is 6.92 Å². The topological polar surface area (TPSA) is 67.4 Å². The van der Waals surface area contributed by atoms with Gasteiger partial charge in [0.05, 0.1) is 23.7 Å². The van der Waals surface area contributed by atoms with E-state index in [1.54, 1.807) is 6.92 Å². The summed E-state index contributed by atoms with van der Waals surface area (Å²) in [6, 6.07) is 3.04. The summed E-state index contributed by atoms with van der Waals surface area (Å²) in [4.78, 5) is 22.7. The quantitative estimate of drug-likeness (QED) is 0.836. The maximum absolute atomic E-state index is 13.0. The van der Waals surface area contributed by atoms with Crippen molar-refractivity contribution in [2.24, 2.45) is 5.92 Å². The van der Waals surface area contributed by atoms with E-state index in [1.165, 1.54) is 19.2 Å². The minimum atomic E-state index is -0.580. The van der Waals surface area contributed by atoms with Crippen LogP contribution in [0.5, 0.6) is 0 Å². The van der Waals surface area contributed by atoms with Crippen LogP contribution in [0.4, 0.5) is 14.9 Å². The Morgan fingerprint density at radius 2 is 2.16 bits per heavy atom. The molecule has 104 valence electrons. The molecule has 0 saturated carbocycles. The van der Waals surface area contributed by atoms with Crippen molar-refractivity contribution in [3.8, 4) is 0 Å². The van der Waals surface area contributed by atoms with Gasteiger partial charge in [-0.15, -0.1) is 0 Å². The Kier molecular flexibility index (Phi) is 5.57. The van der Waals surface area contributed by atoms with Gasteiger partial charge in [0.15, 0.2) is 0 Å². The monoisotopic (exact) mass is 288 g/mol. The van der Waals surface area contributed by atoms with Crippen molar-refractivity contribution in [1.82, 2.24) is 5.32 Å². The summed E-state index contributed by atoms with van der Waals surface area (Å²) in [5, 5.41) is 5.07. The molecule has 0 aliphatic carbocycles. The Morgan fingerprint density at radius 3 is 2.79 bits per heavy atom. The Balaban J connectivity index is 2.52. The Labute approximate surface area is 115 Å². The first-order chi connectivity index (χ1) is 8.93. The van der Waals surface area contributed by atoms with Crippen molar-refractivity contribution in [3.63, 3.8) is 0 Å². The van der Waals surface area contributed by atoms with E-state index in [9.17, 15) is 14.0 Å². The van der Waals surface area contributed by atoms with Gasteiger partial charge in [-0.25, -0.2) is 9.18 Å². The van der Waals surface area contributed by atoms with Crippen LogP contribution in [0, 0.1) is 11.7 Å². The average molecular weight is 289 g/mol.